The average Bonchev–Trinajstić information content (AvgIpc) is 3.17. The van der Waals surface area contributed by atoms with Crippen molar-refractivity contribution in [3.63, 3.8) is 0 Å². The van der Waals surface area contributed by atoms with E-state index in [-0.39, 0.29) is 12.5 Å². The van der Waals surface area contributed by atoms with Crippen LogP contribution in [0.25, 0.3) is 0 Å². The second-order valence-electron chi connectivity index (χ2n) is 18.3. The summed E-state index contributed by atoms with van der Waals surface area (Å²) in [4.78, 5) is 13.0. The molecule has 10 heteroatoms. The fourth-order valence-corrected chi connectivity index (χ4v) is 12.5. The number of hydrogen-bond acceptors (Lipinski definition) is 9. The lowest BCUT2D eigenvalue weighted by molar-refractivity contribution is -0.616. The molecule has 7 aliphatic rings. The molecular weight excluding hydrogens is 674 g/mol. The quantitative estimate of drug-likeness (QED) is 0.0461. The standard InChI is InChI=1S/C43H75NO9/c1-2-3-4-5-6-7-8-9-10-13-16-19-22-28(46)38(48)27(26-52-42-41(51)40(50)39(49)29(25-45)53-42)44-30(47)23-20-17-14-11-12-15-18-21-24-43-35-32-31-33(35)37(43)34(31)36(32)43/h27-29,31-42,45-46,48-51H,2-26H2,1H3,(H,44,47)/t27-,28+,29?,31?,32?,33?,34?,35?,36?,37?,38-,39?,40?,41?,42?,43?/m0/s1. The molecule has 7 rings (SSSR count). The maximum absolute atomic E-state index is 13.0. The third kappa shape index (κ3) is 8.56. The number of carbonyl (C=O) groups excluding carboxylic acids is 1. The highest BCUT2D eigenvalue weighted by Gasteiger charge is 3.03. The van der Waals surface area contributed by atoms with Crippen molar-refractivity contribution in [2.45, 2.75) is 204 Å². The number of aliphatic hydroxyl groups is 6. The van der Waals surface area contributed by atoms with Crippen LogP contribution in [0, 0.1) is 46.8 Å². The van der Waals surface area contributed by atoms with E-state index in [1.165, 1.54) is 138 Å². The van der Waals surface area contributed by atoms with Gasteiger partial charge in [-0.1, -0.05) is 129 Å². The summed E-state index contributed by atoms with van der Waals surface area (Å²) in [6, 6.07) is -0.977. The molecular formula is C43H75NO9. The van der Waals surface area contributed by atoms with Gasteiger partial charge in [-0.2, -0.15) is 0 Å². The molecule has 0 spiro atoms. The van der Waals surface area contributed by atoms with E-state index >= 15 is 0 Å². The summed E-state index contributed by atoms with van der Waals surface area (Å²) >= 11 is 0. The third-order valence-corrected chi connectivity index (χ3v) is 15.2. The lowest BCUT2D eigenvalue weighted by Gasteiger charge is -3.08. The van der Waals surface area contributed by atoms with Gasteiger partial charge in [0.1, 0.15) is 30.5 Å². The Morgan fingerprint density at radius 1 is 0.679 bits per heavy atom. The molecule has 0 radical (unpaired) electrons. The topological polar surface area (TPSA) is 169 Å². The summed E-state index contributed by atoms with van der Waals surface area (Å²) in [5, 5.41) is 65.2. The molecule has 0 aromatic carbocycles. The van der Waals surface area contributed by atoms with Gasteiger partial charge in [0, 0.05) is 6.42 Å². The second-order valence-corrected chi connectivity index (χ2v) is 18.3. The predicted molar refractivity (Wildman–Crippen MR) is 202 cm³/mol. The van der Waals surface area contributed by atoms with Gasteiger partial charge in [-0.15, -0.1) is 0 Å². The van der Waals surface area contributed by atoms with Crippen molar-refractivity contribution < 1.29 is 44.9 Å². The Hall–Kier alpha value is -0.850. The van der Waals surface area contributed by atoms with E-state index in [1.807, 2.05) is 0 Å². The highest BCUT2D eigenvalue weighted by molar-refractivity contribution is 5.76. The van der Waals surface area contributed by atoms with Crippen LogP contribution in [-0.2, 0) is 14.3 Å². The van der Waals surface area contributed by atoms with E-state index in [0.29, 0.717) is 12.8 Å². The Labute approximate surface area is 319 Å². The van der Waals surface area contributed by atoms with Crippen LogP contribution in [0.1, 0.15) is 155 Å². The minimum atomic E-state index is -1.60. The molecule has 1 heterocycles. The van der Waals surface area contributed by atoms with Crippen LogP contribution in [0.3, 0.4) is 0 Å². The van der Waals surface area contributed by atoms with Gasteiger partial charge in [0.2, 0.25) is 5.91 Å². The minimum Gasteiger partial charge on any atom is -0.394 e. The van der Waals surface area contributed by atoms with Crippen LogP contribution in [0.4, 0.5) is 0 Å². The van der Waals surface area contributed by atoms with Gasteiger partial charge in [0.15, 0.2) is 6.29 Å². The SMILES string of the molecule is CCCCCCCCCCCCCC[C@@H](O)[C@@H](O)[C@H](COC1OC(CO)C(O)C(O)C1O)NC(=O)CCCCCCCCCCC12C3C4C5C3C1C5C42. The fourth-order valence-electron chi connectivity index (χ4n) is 12.5. The first-order valence-electron chi connectivity index (χ1n) is 22.4. The van der Waals surface area contributed by atoms with Gasteiger partial charge in [-0.05, 0) is 66.1 Å². The van der Waals surface area contributed by atoms with Crippen LogP contribution in [-0.4, -0.2) is 98.7 Å². The molecule has 1 aliphatic heterocycles. The number of ether oxygens (including phenoxy) is 2. The number of rotatable bonds is 31. The van der Waals surface area contributed by atoms with Crippen molar-refractivity contribution in [2.75, 3.05) is 13.2 Å². The van der Waals surface area contributed by atoms with Crippen molar-refractivity contribution in [3.05, 3.63) is 0 Å². The maximum atomic E-state index is 13.0. The molecule has 6 saturated carbocycles. The van der Waals surface area contributed by atoms with Gasteiger partial charge in [0.05, 0.1) is 25.4 Å². The second kappa shape index (κ2) is 19.5. The van der Waals surface area contributed by atoms with E-state index in [1.54, 1.807) is 0 Å². The van der Waals surface area contributed by atoms with Crippen molar-refractivity contribution in [1.82, 2.24) is 5.32 Å². The number of amides is 1. The number of hydrogen-bond donors (Lipinski definition) is 7. The van der Waals surface area contributed by atoms with Gasteiger partial charge in [-0.3, -0.25) is 4.79 Å². The largest absolute Gasteiger partial charge is 0.394 e. The normalized spacial score (nSPS) is 38.4. The van der Waals surface area contributed by atoms with Gasteiger partial charge < -0.3 is 45.4 Å². The Bertz CT molecular complexity index is 1070. The fraction of sp³-hybridized carbons (Fsp3) is 0.977. The smallest absolute Gasteiger partial charge is 0.220 e. The molecule has 53 heavy (non-hydrogen) atoms. The molecule has 7 N–H and O–H groups in total. The van der Waals surface area contributed by atoms with Crippen LogP contribution in [0.5, 0.6) is 0 Å². The monoisotopic (exact) mass is 750 g/mol. The van der Waals surface area contributed by atoms with E-state index in [0.717, 1.165) is 43.9 Å². The van der Waals surface area contributed by atoms with Crippen molar-refractivity contribution in [3.8, 4) is 0 Å². The molecule has 6 aliphatic carbocycles. The number of carbonyl (C=O) groups is 1. The van der Waals surface area contributed by atoms with E-state index in [2.05, 4.69) is 12.2 Å². The maximum Gasteiger partial charge on any atom is 0.220 e. The first-order valence-corrected chi connectivity index (χ1v) is 22.4. The summed E-state index contributed by atoms with van der Waals surface area (Å²) in [6.07, 6.45) is 16.3. The number of aliphatic hydroxyl groups excluding tert-OH is 6. The lowest BCUT2D eigenvalue weighted by Crippen LogP contribution is -3.05. The molecule has 1 amide bonds. The minimum absolute atomic E-state index is 0.244. The molecule has 5 unspecified atom stereocenters. The molecule has 0 aromatic rings. The summed E-state index contributed by atoms with van der Waals surface area (Å²) < 4.78 is 11.2. The Balaban J connectivity index is 0.832. The van der Waals surface area contributed by atoms with Gasteiger partial charge in [0.25, 0.3) is 0 Å². The molecule has 10 nitrogen and oxygen atoms in total. The summed E-state index contributed by atoms with van der Waals surface area (Å²) in [7, 11) is 0. The van der Waals surface area contributed by atoms with Crippen molar-refractivity contribution in [2.24, 2.45) is 46.8 Å². The first kappa shape index (κ1) is 41.8. The molecule has 7 fully saturated rings. The Kier molecular flexibility index (Phi) is 15.4. The molecule has 0 bridgehead atoms. The summed E-state index contributed by atoms with van der Waals surface area (Å²) in [5.41, 5.74) is 0.862. The highest BCUT2D eigenvalue weighted by Crippen LogP contribution is 3.06. The van der Waals surface area contributed by atoms with E-state index in [4.69, 9.17) is 9.47 Å². The van der Waals surface area contributed by atoms with Gasteiger partial charge >= 0.3 is 0 Å². The highest BCUT2D eigenvalue weighted by atomic mass is 16.7. The van der Waals surface area contributed by atoms with Crippen molar-refractivity contribution >= 4 is 5.91 Å². The molecule has 306 valence electrons. The Morgan fingerprint density at radius 3 is 1.74 bits per heavy atom. The van der Waals surface area contributed by atoms with E-state index < -0.39 is 55.6 Å². The van der Waals surface area contributed by atoms with Crippen molar-refractivity contribution in [1.29, 1.82) is 0 Å². The summed E-state index contributed by atoms with van der Waals surface area (Å²) in [5.74, 6) is 8.06. The molecule has 0 aromatic heterocycles. The van der Waals surface area contributed by atoms with Gasteiger partial charge in [-0.25, -0.2) is 0 Å². The van der Waals surface area contributed by atoms with E-state index in [9.17, 15) is 35.4 Å². The van der Waals surface area contributed by atoms with Crippen LogP contribution in [0.15, 0.2) is 0 Å². The zero-order valence-corrected chi connectivity index (χ0v) is 32.7. The third-order valence-electron chi connectivity index (χ3n) is 15.2. The predicted octanol–water partition coefficient (Wildman–Crippen LogP) is 5.37. The molecule has 8 atom stereocenters. The Morgan fingerprint density at radius 2 is 1.19 bits per heavy atom. The van der Waals surface area contributed by atoms with Crippen LogP contribution >= 0.6 is 0 Å². The number of unbranched alkanes of at least 4 members (excludes halogenated alkanes) is 18. The summed E-state index contributed by atoms with van der Waals surface area (Å²) in [6.45, 7) is 1.36. The first-order chi connectivity index (χ1) is 25.8. The lowest BCUT2D eigenvalue weighted by atomic mass is 8.96. The zero-order chi connectivity index (χ0) is 37.5. The molecule has 1 saturated heterocycles. The van der Waals surface area contributed by atoms with Crippen LogP contribution in [0.2, 0.25) is 0 Å². The van der Waals surface area contributed by atoms with Crippen LogP contribution < -0.4 is 5.32 Å². The average molecular weight is 750 g/mol. The zero-order valence-electron chi connectivity index (χ0n) is 32.7. The number of nitrogens with one attached hydrogen (secondary N) is 1.